The van der Waals surface area contributed by atoms with Gasteiger partial charge in [-0.3, -0.25) is 4.79 Å². The van der Waals surface area contributed by atoms with E-state index in [2.05, 4.69) is 18.7 Å². The fourth-order valence-corrected chi connectivity index (χ4v) is 2.43. The van der Waals surface area contributed by atoms with Gasteiger partial charge in [-0.1, -0.05) is 73.3 Å². The first-order chi connectivity index (χ1) is 11.6. The Morgan fingerprint density at radius 3 is 2.04 bits per heavy atom. The van der Waals surface area contributed by atoms with E-state index in [0.717, 1.165) is 16.7 Å². The van der Waals surface area contributed by atoms with Crippen LogP contribution in [0.2, 0.25) is 0 Å². The van der Waals surface area contributed by atoms with Gasteiger partial charge in [0.25, 0.3) is 5.91 Å². The van der Waals surface area contributed by atoms with E-state index >= 15 is 0 Å². The van der Waals surface area contributed by atoms with E-state index in [9.17, 15) is 4.79 Å². The van der Waals surface area contributed by atoms with Crippen LogP contribution in [-0.4, -0.2) is 5.91 Å². The van der Waals surface area contributed by atoms with Crippen LogP contribution in [0.25, 0.3) is 16.9 Å². The number of primary amides is 1. The van der Waals surface area contributed by atoms with Crippen molar-refractivity contribution >= 4 is 11.7 Å². The van der Waals surface area contributed by atoms with Gasteiger partial charge >= 0.3 is 0 Å². The SMILES string of the molecule is C=C(Oc1ccccc1C(N)=O)c1ccc(-c2ccccc2)cc1. The van der Waals surface area contributed by atoms with E-state index in [1.165, 1.54) is 0 Å². The molecule has 0 radical (unpaired) electrons. The fraction of sp³-hybridized carbons (Fsp3) is 0. The quantitative estimate of drug-likeness (QED) is 0.705. The van der Waals surface area contributed by atoms with Gasteiger partial charge in [0.15, 0.2) is 0 Å². The summed E-state index contributed by atoms with van der Waals surface area (Å²) in [7, 11) is 0. The topological polar surface area (TPSA) is 52.3 Å². The summed E-state index contributed by atoms with van der Waals surface area (Å²) in [6.45, 7) is 3.95. The first-order valence-electron chi connectivity index (χ1n) is 7.56. The summed E-state index contributed by atoms with van der Waals surface area (Å²) in [4.78, 5) is 11.5. The molecule has 0 bridgehead atoms. The first-order valence-corrected chi connectivity index (χ1v) is 7.56. The number of amides is 1. The van der Waals surface area contributed by atoms with Gasteiger partial charge in [0.05, 0.1) is 5.56 Å². The lowest BCUT2D eigenvalue weighted by molar-refractivity contribution is 0.0998. The largest absolute Gasteiger partial charge is 0.457 e. The normalized spacial score (nSPS) is 10.2. The van der Waals surface area contributed by atoms with Crippen molar-refractivity contribution in [1.82, 2.24) is 0 Å². The van der Waals surface area contributed by atoms with Gasteiger partial charge in [-0.25, -0.2) is 0 Å². The van der Waals surface area contributed by atoms with Crippen LogP contribution in [0.15, 0.2) is 85.4 Å². The van der Waals surface area contributed by atoms with Gasteiger partial charge in [0.1, 0.15) is 11.5 Å². The second-order valence-corrected chi connectivity index (χ2v) is 5.33. The summed E-state index contributed by atoms with van der Waals surface area (Å²) >= 11 is 0. The highest BCUT2D eigenvalue weighted by Crippen LogP contribution is 2.25. The third kappa shape index (κ3) is 3.36. The molecular weight excluding hydrogens is 298 g/mol. The Balaban J connectivity index is 1.80. The zero-order chi connectivity index (χ0) is 16.9. The van der Waals surface area contributed by atoms with Crippen LogP contribution in [0, 0.1) is 0 Å². The van der Waals surface area contributed by atoms with Crippen LogP contribution in [-0.2, 0) is 0 Å². The third-order valence-corrected chi connectivity index (χ3v) is 3.70. The van der Waals surface area contributed by atoms with E-state index in [4.69, 9.17) is 10.5 Å². The number of rotatable bonds is 5. The van der Waals surface area contributed by atoms with Gasteiger partial charge in [-0.2, -0.15) is 0 Å². The highest BCUT2D eigenvalue weighted by molar-refractivity contribution is 5.95. The molecule has 118 valence electrons. The zero-order valence-corrected chi connectivity index (χ0v) is 13.1. The Morgan fingerprint density at radius 1 is 0.792 bits per heavy atom. The van der Waals surface area contributed by atoms with Crippen LogP contribution in [0.4, 0.5) is 0 Å². The average molecular weight is 315 g/mol. The smallest absolute Gasteiger partial charge is 0.252 e. The molecule has 0 atom stereocenters. The summed E-state index contributed by atoms with van der Waals surface area (Å²) in [6.07, 6.45) is 0. The molecule has 3 aromatic carbocycles. The monoisotopic (exact) mass is 315 g/mol. The van der Waals surface area contributed by atoms with Crippen LogP contribution in [0.3, 0.4) is 0 Å². The van der Waals surface area contributed by atoms with Gasteiger partial charge in [0.2, 0.25) is 0 Å². The lowest BCUT2D eigenvalue weighted by Crippen LogP contribution is -2.12. The van der Waals surface area contributed by atoms with Crippen molar-refractivity contribution in [1.29, 1.82) is 0 Å². The van der Waals surface area contributed by atoms with Gasteiger partial charge < -0.3 is 10.5 Å². The summed E-state index contributed by atoms with van der Waals surface area (Å²) in [5.74, 6) is 0.336. The predicted octanol–water partition coefficient (Wildman–Crippen LogP) is 4.50. The Hall–Kier alpha value is -3.33. The third-order valence-electron chi connectivity index (χ3n) is 3.70. The Kier molecular flexibility index (Phi) is 4.43. The lowest BCUT2D eigenvalue weighted by atomic mass is 10.0. The Labute approximate surface area is 141 Å². The maximum absolute atomic E-state index is 11.5. The van der Waals surface area contributed by atoms with Crippen LogP contribution >= 0.6 is 0 Å². The molecule has 0 saturated carbocycles. The molecular formula is C21H17NO2. The first kappa shape index (κ1) is 15.6. The van der Waals surface area contributed by atoms with Gasteiger partial charge in [0, 0.05) is 5.56 Å². The summed E-state index contributed by atoms with van der Waals surface area (Å²) < 4.78 is 5.74. The van der Waals surface area contributed by atoms with Crippen molar-refractivity contribution in [3.8, 4) is 16.9 Å². The summed E-state index contributed by atoms with van der Waals surface area (Å²) in [5.41, 5.74) is 8.80. The second kappa shape index (κ2) is 6.84. The maximum Gasteiger partial charge on any atom is 0.252 e. The van der Waals surface area contributed by atoms with Crippen molar-refractivity contribution < 1.29 is 9.53 Å². The molecule has 0 saturated heterocycles. The highest BCUT2D eigenvalue weighted by Gasteiger charge is 2.10. The number of para-hydroxylation sites is 1. The van der Waals surface area contributed by atoms with Gasteiger partial charge in [-0.05, 0) is 23.3 Å². The zero-order valence-electron chi connectivity index (χ0n) is 13.1. The molecule has 0 aliphatic carbocycles. The molecule has 0 fully saturated rings. The number of nitrogens with two attached hydrogens (primary N) is 1. The van der Waals surface area contributed by atoms with Crippen LogP contribution < -0.4 is 10.5 Å². The van der Waals surface area contributed by atoms with E-state index in [0.29, 0.717) is 17.1 Å². The second-order valence-electron chi connectivity index (χ2n) is 5.33. The fourth-order valence-electron chi connectivity index (χ4n) is 2.43. The lowest BCUT2D eigenvalue weighted by Gasteiger charge is -2.12. The summed E-state index contributed by atoms with van der Waals surface area (Å²) in [5, 5.41) is 0. The molecule has 0 aliphatic rings. The number of hydrogen-bond acceptors (Lipinski definition) is 2. The number of hydrogen-bond donors (Lipinski definition) is 1. The average Bonchev–Trinajstić information content (AvgIpc) is 2.63. The molecule has 3 rings (SSSR count). The van der Waals surface area contributed by atoms with Gasteiger partial charge in [-0.15, -0.1) is 0 Å². The Morgan fingerprint density at radius 2 is 1.38 bits per heavy atom. The minimum Gasteiger partial charge on any atom is -0.457 e. The van der Waals surface area contributed by atoms with E-state index in [1.807, 2.05) is 42.5 Å². The molecule has 0 aromatic heterocycles. The van der Waals surface area contributed by atoms with Crippen LogP contribution in [0.1, 0.15) is 15.9 Å². The Bertz CT molecular complexity index is 868. The number of benzene rings is 3. The van der Waals surface area contributed by atoms with E-state index < -0.39 is 5.91 Å². The van der Waals surface area contributed by atoms with E-state index in [-0.39, 0.29) is 0 Å². The van der Waals surface area contributed by atoms with Crippen molar-refractivity contribution in [2.45, 2.75) is 0 Å². The van der Waals surface area contributed by atoms with Crippen LogP contribution in [0.5, 0.6) is 5.75 Å². The summed E-state index contributed by atoms with van der Waals surface area (Å²) in [6, 6.07) is 24.9. The minimum absolute atomic E-state index is 0.333. The van der Waals surface area contributed by atoms with Crippen molar-refractivity contribution in [2.24, 2.45) is 5.73 Å². The number of carbonyl (C=O) groups excluding carboxylic acids is 1. The molecule has 3 nitrogen and oxygen atoms in total. The van der Waals surface area contributed by atoms with E-state index in [1.54, 1.807) is 24.3 Å². The molecule has 0 aliphatic heterocycles. The molecule has 0 spiro atoms. The molecule has 24 heavy (non-hydrogen) atoms. The molecule has 3 heteroatoms. The predicted molar refractivity (Wildman–Crippen MR) is 96.5 cm³/mol. The number of carbonyl (C=O) groups is 1. The molecule has 3 aromatic rings. The molecule has 0 heterocycles. The number of ether oxygens (including phenoxy) is 1. The van der Waals surface area contributed by atoms with Crippen molar-refractivity contribution in [3.63, 3.8) is 0 Å². The molecule has 1 amide bonds. The highest BCUT2D eigenvalue weighted by atomic mass is 16.5. The molecule has 0 unspecified atom stereocenters. The standard InChI is InChI=1S/C21H17NO2/c1-15(24-20-10-6-5-9-19(20)21(22)23)16-11-13-18(14-12-16)17-7-3-2-4-8-17/h2-14H,1H2,(H2,22,23). The minimum atomic E-state index is -0.530. The molecule has 2 N–H and O–H groups in total. The maximum atomic E-state index is 11.5. The van der Waals surface area contributed by atoms with Crippen molar-refractivity contribution in [3.05, 3.63) is 96.6 Å². The van der Waals surface area contributed by atoms with Crippen molar-refractivity contribution in [2.75, 3.05) is 0 Å².